The molecule has 2 atom stereocenters. The number of nitrogens with zero attached hydrogens (tertiary/aromatic N) is 1. The zero-order valence-corrected chi connectivity index (χ0v) is 9.90. The molecule has 0 bridgehead atoms. The highest BCUT2D eigenvalue weighted by Gasteiger charge is 2.38. The predicted octanol–water partition coefficient (Wildman–Crippen LogP) is 0.823. The standard InChI is InChI=1S/C13H15FN2O2/c14-10-1-2-12(17)11(3-10)13(18)16-6-8-4-15-5-9(8)7-16/h1-3,8-9,15,17H,4-7H2. The van der Waals surface area contributed by atoms with Gasteiger partial charge in [-0.15, -0.1) is 0 Å². The van der Waals surface area contributed by atoms with E-state index in [9.17, 15) is 14.3 Å². The number of likely N-dealkylation sites (tertiary alicyclic amines) is 1. The topological polar surface area (TPSA) is 52.6 Å². The summed E-state index contributed by atoms with van der Waals surface area (Å²) in [7, 11) is 0. The van der Waals surface area contributed by atoms with Gasteiger partial charge in [0.2, 0.25) is 0 Å². The van der Waals surface area contributed by atoms with Gasteiger partial charge in [0.1, 0.15) is 11.6 Å². The van der Waals surface area contributed by atoms with E-state index in [1.165, 1.54) is 6.07 Å². The SMILES string of the molecule is O=C(c1cc(F)ccc1O)N1CC2CNCC2C1. The van der Waals surface area contributed by atoms with E-state index in [4.69, 9.17) is 0 Å². The first-order valence-corrected chi connectivity index (χ1v) is 6.13. The third-order valence-electron chi connectivity index (χ3n) is 3.87. The van der Waals surface area contributed by atoms with E-state index >= 15 is 0 Å². The first-order valence-electron chi connectivity index (χ1n) is 6.13. The van der Waals surface area contributed by atoms with Crippen molar-refractivity contribution in [2.24, 2.45) is 11.8 Å². The molecule has 96 valence electrons. The molecule has 2 aliphatic heterocycles. The second-order valence-electron chi connectivity index (χ2n) is 5.05. The molecule has 2 heterocycles. The van der Waals surface area contributed by atoms with Crippen molar-refractivity contribution in [3.05, 3.63) is 29.6 Å². The van der Waals surface area contributed by atoms with Crippen LogP contribution in [0.4, 0.5) is 4.39 Å². The minimum absolute atomic E-state index is 0.0583. The number of carbonyl (C=O) groups is 1. The molecule has 1 amide bonds. The molecule has 2 N–H and O–H groups in total. The van der Waals surface area contributed by atoms with E-state index in [0.29, 0.717) is 24.9 Å². The Balaban J connectivity index is 1.81. The van der Waals surface area contributed by atoms with Gasteiger partial charge in [-0.05, 0) is 30.0 Å². The summed E-state index contributed by atoms with van der Waals surface area (Å²) in [5.41, 5.74) is 0.0583. The quantitative estimate of drug-likeness (QED) is 0.776. The number of phenols is 1. The van der Waals surface area contributed by atoms with Crippen molar-refractivity contribution in [3.8, 4) is 5.75 Å². The van der Waals surface area contributed by atoms with Crippen LogP contribution >= 0.6 is 0 Å². The molecule has 4 nitrogen and oxygen atoms in total. The molecule has 2 saturated heterocycles. The minimum Gasteiger partial charge on any atom is -0.507 e. The summed E-state index contributed by atoms with van der Waals surface area (Å²) < 4.78 is 13.1. The Morgan fingerprint density at radius 1 is 1.33 bits per heavy atom. The van der Waals surface area contributed by atoms with Gasteiger partial charge in [0.15, 0.2) is 0 Å². The van der Waals surface area contributed by atoms with Crippen LogP contribution in [0.15, 0.2) is 18.2 Å². The summed E-state index contributed by atoms with van der Waals surface area (Å²) >= 11 is 0. The smallest absolute Gasteiger partial charge is 0.257 e. The molecule has 5 heteroatoms. The Kier molecular flexibility index (Phi) is 2.70. The van der Waals surface area contributed by atoms with Crippen molar-refractivity contribution in [1.29, 1.82) is 0 Å². The van der Waals surface area contributed by atoms with Gasteiger partial charge in [0.25, 0.3) is 5.91 Å². The lowest BCUT2D eigenvalue weighted by atomic mass is 10.0. The van der Waals surface area contributed by atoms with Crippen molar-refractivity contribution in [2.75, 3.05) is 26.2 Å². The van der Waals surface area contributed by atoms with Crippen LogP contribution in [-0.4, -0.2) is 42.1 Å². The van der Waals surface area contributed by atoms with Gasteiger partial charge in [0, 0.05) is 26.2 Å². The fraction of sp³-hybridized carbons (Fsp3) is 0.462. The third-order valence-corrected chi connectivity index (χ3v) is 3.87. The molecule has 0 saturated carbocycles. The summed E-state index contributed by atoms with van der Waals surface area (Å²) in [4.78, 5) is 13.9. The number of carbonyl (C=O) groups excluding carboxylic acids is 1. The van der Waals surface area contributed by atoms with E-state index in [1.54, 1.807) is 4.90 Å². The second kappa shape index (κ2) is 4.24. The third kappa shape index (κ3) is 1.84. The van der Waals surface area contributed by atoms with E-state index in [-0.39, 0.29) is 17.2 Å². The molecule has 0 radical (unpaired) electrons. The average Bonchev–Trinajstić information content (AvgIpc) is 2.91. The molecular weight excluding hydrogens is 235 g/mol. The monoisotopic (exact) mass is 250 g/mol. The zero-order chi connectivity index (χ0) is 12.7. The van der Waals surface area contributed by atoms with Crippen LogP contribution in [0.25, 0.3) is 0 Å². The van der Waals surface area contributed by atoms with Crippen molar-refractivity contribution in [3.63, 3.8) is 0 Å². The number of nitrogens with one attached hydrogen (secondary N) is 1. The Labute approximate surface area is 104 Å². The van der Waals surface area contributed by atoms with Gasteiger partial charge in [0.05, 0.1) is 5.56 Å². The summed E-state index contributed by atoms with van der Waals surface area (Å²) in [5, 5.41) is 12.9. The number of halogens is 1. The Bertz CT molecular complexity index is 480. The predicted molar refractivity (Wildman–Crippen MR) is 63.8 cm³/mol. The maximum absolute atomic E-state index is 13.1. The fourth-order valence-electron chi connectivity index (χ4n) is 2.87. The van der Waals surface area contributed by atoms with Crippen LogP contribution in [0.5, 0.6) is 5.75 Å². The second-order valence-corrected chi connectivity index (χ2v) is 5.05. The Morgan fingerprint density at radius 3 is 2.67 bits per heavy atom. The lowest BCUT2D eigenvalue weighted by molar-refractivity contribution is 0.0778. The number of hydrogen-bond acceptors (Lipinski definition) is 3. The normalized spacial score (nSPS) is 26.4. The van der Waals surface area contributed by atoms with Crippen molar-refractivity contribution >= 4 is 5.91 Å². The van der Waals surface area contributed by atoms with Crippen molar-refractivity contribution in [2.45, 2.75) is 0 Å². The number of amides is 1. The van der Waals surface area contributed by atoms with Crippen LogP contribution < -0.4 is 5.32 Å². The first kappa shape index (κ1) is 11.5. The summed E-state index contributed by atoms with van der Waals surface area (Å²) in [6, 6.07) is 3.47. The number of rotatable bonds is 1. The molecule has 1 aromatic carbocycles. The van der Waals surface area contributed by atoms with E-state index < -0.39 is 5.82 Å². The summed E-state index contributed by atoms with van der Waals surface area (Å²) in [5.74, 6) is 0.0458. The van der Waals surface area contributed by atoms with Gasteiger partial charge < -0.3 is 15.3 Å². The maximum Gasteiger partial charge on any atom is 0.257 e. The number of benzene rings is 1. The maximum atomic E-state index is 13.1. The Morgan fingerprint density at radius 2 is 2.00 bits per heavy atom. The van der Waals surface area contributed by atoms with Crippen LogP contribution in [0.1, 0.15) is 10.4 Å². The van der Waals surface area contributed by atoms with E-state index in [0.717, 1.165) is 25.2 Å². The van der Waals surface area contributed by atoms with Crippen LogP contribution in [0.2, 0.25) is 0 Å². The van der Waals surface area contributed by atoms with Gasteiger partial charge in [-0.25, -0.2) is 4.39 Å². The highest BCUT2D eigenvalue weighted by molar-refractivity contribution is 5.97. The van der Waals surface area contributed by atoms with Gasteiger partial charge in [-0.2, -0.15) is 0 Å². The Hall–Kier alpha value is -1.62. The lowest BCUT2D eigenvalue weighted by Gasteiger charge is -2.18. The van der Waals surface area contributed by atoms with Crippen molar-refractivity contribution in [1.82, 2.24) is 10.2 Å². The molecule has 2 aliphatic rings. The molecule has 2 unspecified atom stereocenters. The molecule has 0 spiro atoms. The van der Waals surface area contributed by atoms with E-state index in [1.807, 2.05) is 0 Å². The summed E-state index contributed by atoms with van der Waals surface area (Å²) in [6.45, 7) is 3.24. The highest BCUT2D eigenvalue weighted by atomic mass is 19.1. The number of fused-ring (bicyclic) bond motifs is 1. The lowest BCUT2D eigenvalue weighted by Crippen LogP contribution is -2.31. The molecule has 1 aromatic rings. The highest BCUT2D eigenvalue weighted by Crippen LogP contribution is 2.29. The number of phenolic OH excluding ortho intramolecular Hbond substituents is 1. The summed E-state index contributed by atoms with van der Waals surface area (Å²) in [6.07, 6.45) is 0. The minimum atomic E-state index is -0.503. The van der Waals surface area contributed by atoms with Crippen LogP contribution in [0.3, 0.4) is 0 Å². The molecule has 3 rings (SSSR count). The van der Waals surface area contributed by atoms with Gasteiger partial charge >= 0.3 is 0 Å². The average molecular weight is 250 g/mol. The largest absolute Gasteiger partial charge is 0.507 e. The van der Waals surface area contributed by atoms with Gasteiger partial charge in [-0.3, -0.25) is 4.79 Å². The number of hydrogen-bond donors (Lipinski definition) is 2. The van der Waals surface area contributed by atoms with E-state index in [2.05, 4.69) is 5.32 Å². The zero-order valence-electron chi connectivity index (χ0n) is 9.90. The van der Waals surface area contributed by atoms with Crippen LogP contribution in [0, 0.1) is 17.7 Å². The fourth-order valence-corrected chi connectivity index (χ4v) is 2.87. The van der Waals surface area contributed by atoms with Gasteiger partial charge in [-0.1, -0.05) is 0 Å². The number of aromatic hydroxyl groups is 1. The van der Waals surface area contributed by atoms with Crippen LogP contribution in [-0.2, 0) is 0 Å². The molecule has 2 fully saturated rings. The van der Waals surface area contributed by atoms with Crippen molar-refractivity contribution < 1.29 is 14.3 Å². The first-order chi connectivity index (χ1) is 8.65. The molecule has 0 aliphatic carbocycles. The molecule has 0 aromatic heterocycles. The molecular formula is C13H15FN2O2. The molecule has 18 heavy (non-hydrogen) atoms.